The number of hydrogen-bond donors (Lipinski definition) is 1. The van der Waals surface area contributed by atoms with Gasteiger partial charge >= 0.3 is 0 Å². The molecule has 1 atom stereocenters. The number of rotatable bonds is 2. The van der Waals surface area contributed by atoms with Gasteiger partial charge in [-0.2, -0.15) is 0 Å². The molecular weight excluding hydrogens is 178 g/mol. The fourth-order valence-electron chi connectivity index (χ4n) is 1.51. The zero-order valence-corrected chi connectivity index (χ0v) is 8.47. The van der Waals surface area contributed by atoms with Crippen molar-refractivity contribution in [3.63, 3.8) is 0 Å². The molecule has 1 heterocycles. The second kappa shape index (κ2) is 3.48. The molecule has 0 amide bonds. The van der Waals surface area contributed by atoms with Crippen LogP contribution >= 0.6 is 11.3 Å². The van der Waals surface area contributed by atoms with E-state index in [1.807, 2.05) is 0 Å². The van der Waals surface area contributed by atoms with Crippen LogP contribution in [0.3, 0.4) is 0 Å². The maximum atomic E-state index is 6.01. The van der Waals surface area contributed by atoms with Crippen LogP contribution in [0.5, 0.6) is 0 Å². The second-order valence-corrected chi connectivity index (χ2v) is 4.11. The largest absolute Gasteiger partial charge is 0.324 e. The van der Waals surface area contributed by atoms with Crippen LogP contribution in [0.1, 0.15) is 24.9 Å². The summed E-state index contributed by atoms with van der Waals surface area (Å²) >= 11 is 1.78. The van der Waals surface area contributed by atoms with E-state index < -0.39 is 0 Å². The van der Waals surface area contributed by atoms with Gasteiger partial charge in [0.25, 0.3) is 0 Å². The Labute approximate surface area is 82.2 Å². The summed E-state index contributed by atoms with van der Waals surface area (Å²) < 4.78 is 1.33. The number of hydrogen-bond acceptors (Lipinski definition) is 2. The van der Waals surface area contributed by atoms with Crippen LogP contribution in [0.4, 0.5) is 0 Å². The van der Waals surface area contributed by atoms with Crippen LogP contribution < -0.4 is 5.73 Å². The molecule has 1 aromatic heterocycles. The van der Waals surface area contributed by atoms with Gasteiger partial charge in [0.1, 0.15) is 0 Å². The van der Waals surface area contributed by atoms with Crippen molar-refractivity contribution in [1.29, 1.82) is 0 Å². The van der Waals surface area contributed by atoms with Crippen molar-refractivity contribution >= 4 is 21.4 Å². The average molecular weight is 191 g/mol. The predicted octanol–water partition coefficient (Wildman–Crippen LogP) is 3.31. The van der Waals surface area contributed by atoms with Crippen LogP contribution in [0.25, 0.3) is 10.1 Å². The monoisotopic (exact) mass is 191 g/mol. The Morgan fingerprint density at radius 1 is 1.38 bits per heavy atom. The van der Waals surface area contributed by atoms with E-state index >= 15 is 0 Å². The van der Waals surface area contributed by atoms with E-state index in [1.54, 1.807) is 11.3 Å². The summed E-state index contributed by atoms with van der Waals surface area (Å²) in [5.74, 6) is 0. The van der Waals surface area contributed by atoms with E-state index in [2.05, 4.69) is 36.6 Å². The van der Waals surface area contributed by atoms with Crippen LogP contribution in [-0.4, -0.2) is 0 Å². The van der Waals surface area contributed by atoms with E-state index in [0.29, 0.717) is 0 Å². The van der Waals surface area contributed by atoms with Crippen molar-refractivity contribution in [2.45, 2.75) is 19.4 Å². The minimum Gasteiger partial charge on any atom is -0.324 e. The number of benzene rings is 1. The highest BCUT2D eigenvalue weighted by atomic mass is 32.1. The molecule has 0 aliphatic heterocycles. The lowest BCUT2D eigenvalue weighted by Crippen LogP contribution is -2.07. The minimum atomic E-state index is 0.191. The topological polar surface area (TPSA) is 26.0 Å². The van der Waals surface area contributed by atoms with E-state index in [0.717, 1.165) is 6.42 Å². The van der Waals surface area contributed by atoms with Crippen molar-refractivity contribution in [3.05, 3.63) is 35.2 Å². The fourth-order valence-corrected chi connectivity index (χ4v) is 2.53. The van der Waals surface area contributed by atoms with Crippen molar-refractivity contribution < 1.29 is 0 Å². The van der Waals surface area contributed by atoms with E-state index in [1.165, 1.54) is 15.6 Å². The number of nitrogens with two attached hydrogens (primary N) is 1. The zero-order valence-electron chi connectivity index (χ0n) is 7.66. The third-order valence-electron chi connectivity index (χ3n) is 2.35. The molecule has 2 aromatic rings. The first-order valence-corrected chi connectivity index (χ1v) is 5.42. The zero-order chi connectivity index (χ0) is 9.26. The highest BCUT2D eigenvalue weighted by molar-refractivity contribution is 7.17. The Kier molecular flexibility index (Phi) is 2.34. The fraction of sp³-hybridized carbons (Fsp3) is 0.273. The third kappa shape index (κ3) is 1.47. The van der Waals surface area contributed by atoms with Crippen LogP contribution in [0, 0.1) is 0 Å². The molecule has 0 aliphatic carbocycles. The Balaban J connectivity index is 2.57. The SMILES string of the molecule is CCC(N)c1csc2ccccc12. The van der Waals surface area contributed by atoms with Crippen molar-refractivity contribution in [3.8, 4) is 0 Å². The molecule has 0 fully saturated rings. The molecule has 0 spiro atoms. The third-order valence-corrected chi connectivity index (χ3v) is 3.33. The van der Waals surface area contributed by atoms with Gasteiger partial charge in [0.2, 0.25) is 0 Å². The first-order chi connectivity index (χ1) is 6.33. The molecule has 1 unspecified atom stereocenters. The van der Waals surface area contributed by atoms with Crippen LogP contribution in [0.2, 0.25) is 0 Å². The molecule has 2 N–H and O–H groups in total. The first kappa shape index (κ1) is 8.73. The molecule has 13 heavy (non-hydrogen) atoms. The Morgan fingerprint density at radius 2 is 2.15 bits per heavy atom. The van der Waals surface area contributed by atoms with Gasteiger partial charge < -0.3 is 5.73 Å². The van der Waals surface area contributed by atoms with Gasteiger partial charge in [-0.1, -0.05) is 25.1 Å². The maximum Gasteiger partial charge on any atom is 0.0346 e. The lowest BCUT2D eigenvalue weighted by molar-refractivity contribution is 0.706. The summed E-state index contributed by atoms with van der Waals surface area (Å²) in [4.78, 5) is 0. The van der Waals surface area contributed by atoms with Gasteiger partial charge in [0.05, 0.1) is 0 Å². The Morgan fingerprint density at radius 3 is 2.92 bits per heavy atom. The smallest absolute Gasteiger partial charge is 0.0346 e. The number of thiophene rings is 1. The van der Waals surface area contributed by atoms with E-state index in [4.69, 9.17) is 5.73 Å². The maximum absolute atomic E-state index is 6.01. The summed E-state index contributed by atoms with van der Waals surface area (Å²) in [5, 5.41) is 3.50. The quantitative estimate of drug-likeness (QED) is 0.774. The van der Waals surface area contributed by atoms with E-state index in [9.17, 15) is 0 Å². The lowest BCUT2D eigenvalue weighted by Gasteiger charge is -2.06. The summed E-state index contributed by atoms with van der Waals surface area (Å²) in [6.45, 7) is 2.12. The molecule has 0 saturated heterocycles. The molecule has 2 heteroatoms. The minimum absolute atomic E-state index is 0.191. The molecule has 0 saturated carbocycles. The van der Waals surface area contributed by atoms with Gasteiger partial charge in [-0.25, -0.2) is 0 Å². The predicted molar refractivity (Wildman–Crippen MR) is 59.0 cm³/mol. The highest BCUT2D eigenvalue weighted by Gasteiger charge is 2.08. The Hall–Kier alpha value is -0.860. The highest BCUT2D eigenvalue weighted by Crippen LogP contribution is 2.30. The summed E-state index contributed by atoms with van der Waals surface area (Å²) in [6.07, 6.45) is 1.00. The molecule has 1 aromatic carbocycles. The standard InChI is InChI=1S/C11H13NS/c1-2-10(12)9-7-13-11-6-4-3-5-8(9)11/h3-7,10H,2,12H2,1H3. The normalized spacial score (nSPS) is 13.4. The average Bonchev–Trinajstić information content (AvgIpc) is 2.60. The molecular formula is C11H13NS. The molecule has 2 rings (SSSR count). The van der Waals surface area contributed by atoms with Crippen LogP contribution in [-0.2, 0) is 0 Å². The van der Waals surface area contributed by atoms with Gasteiger partial charge in [-0.05, 0) is 28.8 Å². The summed E-state index contributed by atoms with van der Waals surface area (Å²) in [6, 6.07) is 8.62. The first-order valence-electron chi connectivity index (χ1n) is 4.54. The van der Waals surface area contributed by atoms with Crippen LogP contribution in [0.15, 0.2) is 29.6 Å². The number of fused-ring (bicyclic) bond motifs is 1. The lowest BCUT2D eigenvalue weighted by atomic mass is 10.1. The molecule has 0 aliphatic rings. The summed E-state index contributed by atoms with van der Waals surface area (Å²) in [5.41, 5.74) is 7.31. The van der Waals surface area contributed by atoms with Gasteiger partial charge in [-0.15, -0.1) is 11.3 Å². The van der Waals surface area contributed by atoms with Crippen molar-refractivity contribution in [2.75, 3.05) is 0 Å². The Bertz CT molecular complexity index is 405. The van der Waals surface area contributed by atoms with Gasteiger partial charge in [0, 0.05) is 10.7 Å². The molecule has 1 nitrogen and oxygen atoms in total. The van der Waals surface area contributed by atoms with Crippen molar-refractivity contribution in [2.24, 2.45) is 5.73 Å². The molecule has 0 bridgehead atoms. The van der Waals surface area contributed by atoms with Crippen molar-refractivity contribution in [1.82, 2.24) is 0 Å². The van der Waals surface area contributed by atoms with Gasteiger partial charge in [-0.3, -0.25) is 0 Å². The molecule has 0 radical (unpaired) electrons. The molecule has 68 valence electrons. The van der Waals surface area contributed by atoms with E-state index in [-0.39, 0.29) is 6.04 Å². The van der Waals surface area contributed by atoms with Gasteiger partial charge in [0.15, 0.2) is 0 Å². The second-order valence-electron chi connectivity index (χ2n) is 3.20. The summed E-state index contributed by atoms with van der Waals surface area (Å²) in [7, 11) is 0.